The lowest BCUT2D eigenvalue weighted by Gasteiger charge is -2.26. The van der Waals surface area contributed by atoms with E-state index in [0.717, 1.165) is 10.6 Å². The number of carbonyl (C=O) groups is 3. The van der Waals surface area contributed by atoms with E-state index in [-0.39, 0.29) is 17.9 Å². The summed E-state index contributed by atoms with van der Waals surface area (Å²) in [5.41, 5.74) is 0.559. The van der Waals surface area contributed by atoms with Crippen LogP contribution in [-0.2, 0) is 9.59 Å². The Morgan fingerprint density at radius 1 is 0.946 bits per heavy atom. The van der Waals surface area contributed by atoms with E-state index in [1.165, 1.54) is 18.2 Å². The Morgan fingerprint density at radius 2 is 1.65 bits per heavy atom. The molecule has 0 radical (unpaired) electrons. The number of para-hydroxylation sites is 1. The summed E-state index contributed by atoms with van der Waals surface area (Å²) in [6.07, 6.45) is 1.39. The number of hydrogen-bond acceptors (Lipinski definition) is 6. The molecule has 3 aromatic carbocycles. The van der Waals surface area contributed by atoms with E-state index >= 15 is 0 Å². The maximum atomic E-state index is 13.2. The van der Waals surface area contributed by atoms with E-state index in [4.69, 9.17) is 25.8 Å². The van der Waals surface area contributed by atoms with E-state index in [0.29, 0.717) is 39.8 Å². The van der Waals surface area contributed by atoms with Crippen molar-refractivity contribution in [2.45, 2.75) is 6.92 Å². The Balaban J connectivity index is 1.56. The Hall–Kier alpha value is -3.82. The minimum absolute atomic E-state index is 0.214. The summed E-state index contributed by atoms with van der Waals surface area (Å²) in [6.45, 7) is 2.76. The van der Waals surface area contributed by atoms with Crippen LogP contribution in [0.5, 0.6) is 17.2 Å². The largest absolute Gasteiger partial charge is 0.490 e. The first-order valence-corrected chi connectivity index (χ1v) is 12.5. The van der Waals surface area contributed by atoms with Crippen molar-refractivity contribution in [2.75, 3.05) is 24.7 Å². The van der Waals surface area contributed by atoms with Crippen LogP contribution in [0.2, 0.25) is 5.02 Å². The van der Waals surface area contributed by atoms with E-state index in [1.54, 1.807) is 24.3 Å². The number of nitrogens with zero attached hydrogens (tertiary/aromatic N) is 1. The fourth-order valence-electron chi connectivity index (χ4n) is 3.54. The molecule has 37 heavy (non-hydrogen) atoms. The highest BCUT2D eigenvalue weighted by Gasteiger charge is 2.36. The van der Waals surface area contributed by atoms with Gasteiger partial charge in [-0.2, -0.15) is 0 Å². The number of benzene rings is 3. The topological polar surface area (TPSA) is 94.2 Å². The number of hydrogen-bond donors (Lipinski definition) is 1. The minimum atomic E-state index is -0.841. The molecule has 4 rings (SSSR count). The van der Waals surface area contributed by atoms with Crippen LogP contribution in [0.4, 0.5) is 10.5 Å². The maximum absolute atomic E-state index is 13.2. The Bertz CT molecular complexity index is 1350. The molecule has 0 atom stereocenters. The molecule has 0 bridgehead atoms. The molecule has 1 aliphatic rings. The molecule has 1 N–H and O–H groups in total. The number of halogens is 2. The molecule has 1 heterocycles. The third-order valence-electron chi connectivity index (χ3n) is 5.17. The van der Waals surface area contributed by atoms with E-state index in [2.05, 4.69) is 21.2 Å². The van der Waals surface area contributed by atoms with Crippen molar-refractivity contribution in [1.29, 1.82) is 0 Å². The summed E-state index contributed by atoms with van der Waals surface area (Å²) in [5, 5.41) is 2.65. The van der Waals surface area contributed by atoms with Gasteiger partial charge in [0.15, 0.2) is 11.5 Å². The molecule has 0 aliphatic carbocycles. The number of rotatable bonds is 9. The van der Waals surface area contributed by atoms with Crippen LogP contribution in [0.15, 0.2) is 76.8 Å². The van der Waals surface area contributed by atoms with E-state index in [9.17, 15) is 14.4 Å². The van der Waals surface area contributed by atoms with Crippen LogP contribution in [0.3, 0.4) is 0 Å². The summed E-state index contributed by atoms with van der Waals surface area (Å²) in [6, 6.07) is 18.0. The van der Waals surface area contributed by atoms with Crippen molar-refractivity contribution < 1.29 is 28.6 Å². The fourth-order valence-corrected chi connectivity index (χ4v) is 4.24. The predicted octanol–water partition coefficient (Wildman–Crippen LogP) is 5.63. The van der Waals surface area contributed by atoms with Crippen LogP contribution in [0, 0.1) is 0 Å². The molecular formula is C27H22BrClN2O6. The van der Waals surface area contributed by atoms with Crippen molar-refractivity contribution in [3.8, 4) is 17.2 Å². The van der Waals surface area contributed by atoms with Crippen LogP contribution >= 0.6 is 27.5 Å². The van der Waals surface area contributed by atoms with Gasteiger partial charge in [0, 0.05) is 5.02 Å². The number of ether oxygens (including phenoxy) is 3. The van der Waals surface area contributed by atoms with Gasteiger partial charge in [-0.05, 0) is 83.0 Å². The third-order valence-corrected chi connectivity index (χ3v) is 6.01. The van der Waals surface area contributed by atoms with Crippen LogP contribution in [-0.4, -0.2) is 37.7 Å². The van der Waals surface area contributed by atoms with Crippen LogP contribution < -0.4 is 24.4 Å². The average molecular weight is 586 g/mol. The molecule has 0 saturated carbocycles. The number of barbiturate groups is 1. The second-order valence-electron chi connectivity index (χ2n) is 7.71. The number of nitrogens with one attached hydrogen (secondary N) is 1. The maximum Gasteiger partial charge on any atom is 0.335 e. The number of urea groups is 1. The summed E-state index contributed by atoms with van der Waals surface area (Å²) >= 11 is 9.40. The fraction of sp³-hybridized carbons (Fsp3) is 0.148. The standard InChI is InChI=1S/C27H22BrClN2O6/c1-2-35-23-16-17(15-22(28)24(23)37-13-12-36-20-6-4-3-5-7-20)14-21-25(32)30-27(34)31(26(21)33)19-10-8-18(29)9-11-19/h3-11,14-16H,2,12-13H2,1H3,(H,30,32,34). The van der Waals surface area contributed by atoms with Gasteiger partial charge in [-0.1, -0.05) is 29.8 Å². The first-order chi connectivity index (χ1) is 17.9. The van der Waals surface area contributed by atoms with Gasteiger partial charge in [0.1, 0.15) is 24.5 Å². The van der Waals surface area contributed by atoms with Crippen LogP contribution in [0.1, 0.15) is 12.5 Å². The first kappa shape index (κ1) is 26.2. The molecule has 8 nitrogen and oxygen atoms in total. The highest BCUT2D eigenvalue weighted by Crippen LogP contribution is 2.38. The summed E-state index contributed by atoms with van der Waals surface area (Å²) in [5.74, 6) is 0.0470. The van der Waals surface area contributed by atoms with Crippen molar-refractivity contribution in [1.82, 2.24) is 5.32 Å². The highest BCUT2D eigenvalue weighted by molar-refractivity contribution is 9.10. The van der Waals surface area contributed by atoms with Gasteiger partial charge < -0.3 is 14.2 Å². The zero-order valence-corrected chi connectivity index (χ0v) is 22.0. The van der Waals surface area contributed by atoms with Gasteiger partial charge in [-0.3, -0.25) is 14.9 Å². The number of carbonyl (C=O) groups excluding carboxylic acids is 3. The summed E-state index contributed by atoms with van der Waals surface area (Å²) < 4.78 is 17.9. The molecule has 1 aliphatic heterocycles. The molecule has 1 saturated heterocycles. The normalized spacial score (nSPS) is 14.5. The zero-order valence-electron chi connectivity index (χ0n) is 19.7. The van der Waals surface area contributed by atoms with Gasteiger partial charge in [0.05, 0.1) is 16.8 Å². The predicted molar refractivity (Wildman–Crippen MR) is 143 cm³/mol. The first-order valence-electron chi connectivity index (χ1n) is 11.3. The van der Waals surface area contributed by atoms with Crippen LogP contribution in [0.25, 0.3) is 6.08 Å². The van der Waals surface area contributed by atoms with Gasteiger partial charge in [-0.15, -0.1) is 0 Å². The van der Waals surface area contributed by atoms with Gasteiger partial charge in [0.25, 0.3) is 11.8 Å². The van der Waals surface area contributed by atoms with E-state index in [1.807, 2.05) is 37.3 Å². The summed E-state index contributed by atoms with van der Waals surface area (Å²) in [4.78, 5) is 39.0. The lowest BCUT2D eigenvalue weighted by Crippen LogP contribution is -2.54. The van der Waals surface area contributed by atoms with Gasteiger partial charge >= 0.3 is 6.03 Å². The Labute approximate surface area is 226 Å². The van der Waals surface area contributed by atoms with E-state index < -0.39 is 17.8 Å². The number of anilines is 1. The second kappa shape index (κ2) is 11.9. The van der Waals surface area contributed by atoms with Gasteiger partial charge in [0.2, 0.25) is 0 Å². The zero-order chi connectivity index (χ0) is 26.4. The quantitative estimate of drug-likeness (QED) is 0.199. The van der Waals surface area contributed by atoms with Crippen molar-refractivity contribution in [3.05, 3.63) is 87.4 Å². The molecule has 10 heteroatoms. The van der Waals surface area contributed by atoms with Gasteiger partial charge in [-0.25, -0.2) is 9.69 Å². The highest BCUT2D eigenvalue weighted by atomic mass is 79.9. The summed E-state index contributed by atoms with van der Waals surface area (Å²) in [7, 11) is 0. The molecule has 3 aromatic rings. The molecule has 1 fully saturated rings. The number of amides is 4. The molecule has 0 unspecified atom stereocenters. The Kier molecular flexibility index (Phi) is 8.47. The lowest BCUT2D eigenvalue weighted by molar-refractivity contribution is -0.122. The Morgan fingerprint density at radius 3 is 2.35 bits per heavy atom. The second-order valence-corrected chi connectivity index (χ2v) is 9.00. The average Bonchev–Trinajstić information content (AvgIpc) is 2.87. The smallest absolute Gasteiger partial charge is 0.335 e. The molecule has 190 valence electrons. The van der Waals surface area contributed by atoms with Crippen molar-refractivity contribution in [3.63, 3.8) is 0 Å². The lowest BCUT2D eigenvalue weighted by atomic mass is 10.1. The van der Waals surface area contributed by atoms with Crippen molar-refractivity contribution >= 4 is 57.1 Å². The SMILES string of the molecule is CCOc1cc(C=C2C(=O)NC(=O)N(c3ccc(Cl)cc3)C2=O)cc(Br)c1OCCOc1ccccc1. The third kappa shape index (κ3) is 6.31. The molecular weight excluding hydrogens is 564 g/mol. The molecule has 0 aromatic heterocycles. The monoisotopic (exact) mass is 584 g/mol. The molecule has 4 amide bonds. The minimum Gasteiger partial charge on any atom is -0.490 e. The number of imide groups is 2. The van der Waals surface area contributed by atoms with Crippen molar-refractivity contribution in [2.24, 2.45) is 0 Å². The molecule has 0 spiro atoms.